The topological polar surface area (TPSA) is 58.6 Å². The van der Waals surface area contributed by atoms with Gasteiger partial charge in [0.1, 0.15) is 6.04 Å². The van der Waals surface area contributed by atoms with E-state index >= 15 is 0 Å². The molecule has 1 aliphatic heterocycles. The third-order valence-electron chi connectivity index (χ3n) is 3.85. The highest BCUT2D eigenvalue weighted by Gasteiger charge is 2.33. The summed E-state index contributed by atoms with van der Waals surface area (Å²) in [6, 6.07) is 4.81. The Morgan fingerprint density at radius 3 is 2.87 bits per heavy atom. The first kappa shape index (κ1) is 17.6. The largest absolute Gasteiger partial charge is 0.490 e. The van der Waals surface area contributed by atoms with Gasteiger partial charge in [-0.05, 0) is 38.3 Å². The number of nitrogens with zero attached hydrogens (tertiary/aromatic N) is 1. The van der Waals surface area contributed by atoms with E-state index in [1.165, 1.54) is 0 Å². The third kappa shape index (κ3) is 4.16. The van der Waals surface area contributed by atoms with Gasteiger partial charge in [-0.3, -0.25) is 9.59 Å². The molecule has 2 rings (SSSR count). The predicted octanol–water partition coefficient (Wildman–Crippen LogP) is 3.47. The van der Waals surface area contributed by atoms with Crippen LogP contribution in [0.5, 0.6) is 5.75 Å². The van der Waals surface area contributed by atoms with Gasteiger partial charge in [0.15, 0.2) is 5.75 Å². The fraction of sp³-hybridized carbons (Fsp3) is 0.529. The summed E-state index contributed by atoms with van der Waals surface area (Å²) >= 11 is 6.13. The van der Waals surface area contributed by atoms with Crippen molar-refractivity contribution in [3.63, 3.8) is 0 Å². The molecule has 6 heteroatoms. The first-order valence-corrected chi connectivity index (χ1v) is 8.47. The van der Waals surface area contributed by atoms with Gasteiger partial charge in [0, 0.05) is 13.0 Å². The number of rotatable bonds is 6. The molecule has 1 heterocycles. The molecule has 126 valence electrons. The maximum Gasteiger partial charge on any atom is 0.247 e. The molecule has 0 aromatic heterocycles. The van der Waals surface area contributed by atoms with Crippen LogP contribution in [0.1, 0.15) is 39.5 Å². The Hall–Kier alpha value is -1.75. The summed E-state index contributed by atoms with van der Waals surface area (Å²) in [6.45, 7) is 4.92. The summed E-state index contributed by atoms with van der Waals surface area (Å²) in [5, 5.41) is 3.32. The van der Waals surface area contributed by atoms with Crippen molar-refractivity contribution in [2.24, 2.45) is 0 Å². The van der Waals surface area contributed by atoms with E-state index in [-0.39, 0.29) is 11.8 Å². The molecule has 23 heavy (non-hydrogen) atoms. The standard InChI is InChI=1S/C17H23ClN2O3/c1-3-7-15(21)20-11-6-10-14(20)17(22)19-13-9-5-8-12(18)16(13)23-4-2/h5,8-9,14H,3-4,6-7,10-11H2,1-2H3,(H,19,22). The second-order valence-corrected chi connectivity index (χ2v) is 5.94. The average molecular weight is 339 g/mol. The number of hydrogen-bond donors (Lipinski definition) is 1. The Kier molecular flexibility index (Phi) is 6.28. The molecule has 1 saturated heterocycles. The number of benzene rings is 1. The molecule has 1 aromatic carbocycles. The van der Waals surface area contributed by atoms with Gasteiger partial charge in [-0.15, -0.1) is 0 Å². The van der Waals surface area contributed by atoms with Crippen molar-refractivity contribution in [1.29, 1.82) is 0 Å². The van der Waals surface area contributed by atoms with E-state index < -0.39 is 6.04 Å². The fourth-order valence-corrected chi connectivity index (χ4v) is 3.04. The van der Waals surface area contributed by atoms with Crippen LogP contribution in [-0.2, 0) is 9.59 Å². The number of nitrogens with one attached hydrogen (secondary N) is 1. The monoisotopic (exact) mass is 338 g/mol. The molecule has 1 atom stereocenters. The van der Waals surface area contributed by atoms with Crippen LogP contribution in [0.25, 0.3) is 0 Å². The lowest BCUT2D eigenvalue weighted by Crippen LogP contribution is -2.43. The van der Waals surface area contributed by atoms with Gasteiger partial charge in [0.2, 0.25) is 11.8 Å². The van der Waals surface area contributed by atoms with Gasteiger partial charge in [0.05, 0.1) is 17.3 Å². The summed E-state index contributed by atoms with van der Waals surface area (Å²) in [6.07, 6.45) is 2.80. The van der Waals surface area contributed by atoms with Crippen molar-refractivity contribution in [1.82, 2.24) is 4.90 Å². The minimum absolute atomic E-state index is 0.0428. The molecular formula is C17H23ClN2O3. The van der Waals surface area contributed by atoms with E-state index in [2.05, 4.69) is 5.32 Å². The van der Waals surface area contributed by atoms with Crippen molar-refractivity contribution in [3.8, 4) is 5.75 Å². The van der Waals surface area contributed by atoms with Crippen molar-refractivity contribution >= 4 is 29.1 Å². The lowest BCUT2D eigenvalue weighted by molar-refractivity contribution is -0.136. The van der Waals surface area contributed by atoms with Gasteiger partial charge in [0.25, 0.3) is 0 Å². The Balaban J connectivity index is 2.12. The van der Waals surface area contributed by atoms with Gasteiger partial charge in [-0.1, -0.05) is 24.6 Å². The van der Waals surface area contributed by atoms with E-state index in [0.717, 1.165) is 12.8 Å². The van der Waals surface area contributed by atoms with Gasteiger partial charge >= 0.3 is 0 Å². The molecule has 0 radical (unpaired) electrons. The number of likely N-dealkylation sites (tertiary alicyclic amines) is 1. The van der Waals surface area contributed by atoms with E-state index in [9.17, 15) is 9.59 Å². The summed E-state index contributed by atoms with van der Waals surface area (Å²) in [5.74, 6) is 0.325. The van der Waals surface area contributed by atoms with Crippen molar-refractivity contribution in [2.75, 3.05) is 18.5 Å². The Bertz CT molecular complexity index is 577. The minimum Gasteiger partial charge on any atom is -0.490 e. The number of carbonyl (C=O) groups excluding carboxylic acids is 2. The van der Waals surface area contributed by atoms with E-state index in [0.29, 0.717) is 42.5 Å². The van der Waals surface area contributed by atoms with Crippen LogP contribution in [-0.4, -0.2) is 35.9 Å². The molecule has 0 saturated carbocycles. The van der Waals surface area contributed by atoms with Crippen LogP contribution in [0, 0.1) is 0 Å². The van der Waals surface area contributed by atoms with Crippen molar-refractivity contribution in [2.45, 2.75) is 45.6 Å². The molecule has 1 aromatic rings. The van der Waals surface area contributed by atoms with Crippen LogP contribution in [0.3, 0.4) is 0 Å². The molecule has 1 unspecified atom stereocenters. The number of anilines is 1. The summed E-state index contributed by atoms with van der Waals surface area (Å²) in [7, 11) is 0. The molecule has 0 aliphatic carbocycles. The second kappa shape index (κ2) is 8.20. The van der Waals surface area contributed by atoms with Gasteiger partial charge < -0.3 is 15.0 Å². The lowest BCUT2D eigenvalue weighted by atomic mass is 10.2. The normalized spacial score (nSPS) is 17.2. The van der Waals surface area contributed by atoms with Crippen LogP contribution in [0.2, 0.25) is 5.02 Å². The quantitative estimate of drug-likeness (QED) is 0.864. The Labute approximate surface area is 141 Å². The van der Waals surface area contributed by atoms with E-state index in [1.807, 2.05) is 13.8 Å². The second-order valence-electron chi connectivity index (χ2n) is 5.53. The maximum atomic E-state index is 12.6. The summed E-state index contributed by atoms with van der Waals surface area (Å²) in [4.78, 5) is 26.4. The zero-order valence-electron chi connectivity index (χ0n) is 13.6. The molecule has 5 nitrogen and oxygen atoms in total. The van der Waals surface area contributed by atoms with Gasteiger partial charge in [-0.25, -0.2) is 0 Å². The Morgan fingerprint density at radius 2 is 2.17 bits per heavy atom. The van der Waals surface area contributed by atoms with E-state index in [4.69, 9.17) is 16.3 Å². The summed E-state index contributed by atoms with van der Waals surface area (Å²) in [5.41, 5.74) is 0.541. The van der Waals surface area contributed by atoms with Gasteiger partial charge in [-0.2, -0.15) is 0 Å². The number of hydrogen-bond acceptors (Lipinski definition) is 3. The molecule has 0 spiro atoms. The number of para-hydroxylation sites is 1. The molecule has 1 fully saturated rings. The first-order chi connectivity index (χ1) is 11.1. The van der Waals surface area contributed by atoms with Crippen LogP contribution < -0.4 is 10.1 Å². The summed E-state index contributed by atoms with van der Waals surface area (Å²) < 4.78 is 5.52. The molecule has 2 amide bonds. The molecule has 1 N–H and O–H groups in total. The SMILES string of the molecule is CCCC(=O)N1CCCC1C(=O)Nc1cccc(Cl)c1OCC. The lowest BCUT2D eigenvalue weighted by Gasteiger charge is -2.24. The smallest absolute Gasteiger partial charge is 0.247 e. The zero-order valence-corrected chi connectivity index (χ0v) is 14.4. The van der Waals surface area contributed by atoms with Crippen LogP contribution in [0.4, 0.5) is 5.69 Å². The van der Waals surface area contributed by atoms with Crippen LogP contribution in [0.15, 0.2) is 18.2 Å². The Morgan fingerprint density at radius 1 is 1.39 bits per heavy atom. The number of amides is 2. The average Bonchev–Trinajstić information content (AvgIpc) is 3.01. The number of ether oxygens (including phenoxy) is 1. The molecule has 1 aliphatic rings. The van der Waals surface area contributed by atoms with Crippen molar-refractivity contribution < 1.29 is 14.3 Å². The number of carbonyl (C=O) groups is 2. The van der Waals surface area contributed by atoms with Crippen LogP contribution >= 0.6 is 11.6 Å². The molecule has 0 bridgehead atoms. The fourth-order valence-electron chi connectivity index (χ4n) is 2.81. The highest BCUT2D eigenvalue weighted by molar-refractivity contribution is 6.32. The highest BCUT2D eigenvalue weighted by atomic mass is 35.5. The van der Waals surface area contributed by atoms with Crippen molar-refractivity contribution in [3.05, 3.63) is 23.2 Å². The maximum absolute atomic E-state index is 12.6. The molecular weight excluding hydrogens is 316 g/mol. The predicted molar refractivity (Wildman–Crippen MR) is 90.9 cm³/mol. The first-order valence-electron chi connectivity index (χ1n) is 8.10. The number of halogens is 1. The zero-order chi connectivity index (χ0) is 16.8. The minimum atomic E-state index is -0.414. The third-order valence-corrected chi connectivity index (χ3v) is 4.15. The highest BCUT2D eigenvalue weighted by Crippen LogP contribution is 2.33. The van der Waals surface area contributed by atoms with E-state index in [1.54, 1.807) is 23.1 Å².